The van der Waals surface area contributed by atoms with Crippen LogP contribution >= 0.6 is 11.6 Å². The van der Waals surface area contributed by atoms with Gasteiger partial charge in [0.15, 0.2) is 0 Å². The molecule has 1 fully saturated rings. The zero-order valence-corrected chi connectivity index (χ0v) is 26.6. The van der Waals surface area contributed by atoms with Gasteiger partial charge in [0.2, 0.25) is 17.7 Å². The molecule has 4 rings (SSSR count). The maximum atomic E-state index is 13.9. The number of hydrogen-bond acceptors (Lipinski definition) is 5. The van der Waals surface area contributed by atoms with Crippen molar-refractivity contribution in [1.29, 1.82) is 0 Å². The number of carbonyl (C=O) groups excluding carboxylic acids is 4. The number of piperidine rings is 1. The number of rotatable bonds is 14. The van der Waals surface area contributed by atoms with Gasteiger partial charge in [0.25, 0.3) is 0 Å². The van der Waals surface area contributed by atoms with E-state index in [4.69, 9.17) is 16.3 Å². The van der Waals surface area contributed by atoms with E-state index in [9.17, 15) is 19.2 Å². The first kappa shape index (κ1) is 33.8. The van der Waals surface area contributed by atoms with Gasteiger partial charge in [-0.25, -0.2) is 4.79 Å². The quantitative estimate of drug-likeness (QED) is 0.189. The van der Waals surface area contributed by atoms with Crippen molar-refractivity contribution in [2.45, 2.75) is 70.7 Å². The van der Waals surface area contributed by atoms with Gasteiger partial charge in [-0.1, -0.05) is 86.6 Å². The van der Waals surface area contributed by atoms with Crippen molar-refractivity contribution < 1.29 is 23.9 Å². The maximum Gasteiger partial charge on any atom is 0.408 e. The predicted octanol–water partition coefficient (Wildman–Crippen LogP) is 4.85. The van der Waals surface area contributed by atoms with Crippen LogP contribution in [0.2, 0.25) is 0 Å². The molecule has 0 aliphatic carbocycles. The minimum atomic E-state index is -1.02. The number of carbonyl (C=O) groups is 4. The van der Waals surface area contributed by atoms with Crippen LogP contribution < -0.4 is 21.3 Å². The number of ether oxygens (including phenoxy) is 1. The lowest BCUT2D eigenvalue weighted by Crippen LogP contribution is -2.56. The second-order valence-corrected chi connectivity index (χ2v) is 12.3. The van der Waals surface area contributed by atoms with Crippen molar-refractivity contribution in [3.63, 3.8) is 0 Å². The molecule has 0 radical (unpaired) electrons. The summed E-state index contributed by atoms with van der Waals surface area (Å²) in [5.74, 6) is -0.920. The monoisotopic (exact) mass is 634 g/mol. The molecule has 1 aliphatic rings. The van der Waals surface area contributed by atoms with E-state index in [0.717, 1.165) is 34.7 Å². The number of amides is 4. The highest BCUT2D eigenvalue weighted by Crippen LogP contribution is 2.21. The van der Waals surface area contributed by atoms with Crippen LogP contribution in [0.25, 0.3) is 10.8 Å². The molecule has 9 nitrogen and oxygen atoms in total. The Labute approximate surface area is 269 Å². The van der Waals surface area contributed by atoms with Crippen LogP contribution in [0, 0.1) is 11.8 Å². The molecule has 0 saturated carbocycles. The summed E-state index contributed by atoms with van der Waals surface area (Å²) >= 11 is 6.22. The van der Waals surface area contributed by atoms with Crippen LogP contribution in [0.15, 0.2) is 72.8 Å². The van der Waals surface area contributed by atoms with Gasteiger partial charge in [0.05, 0.1) is 0 Å². The third-order valence-corrected chi connectivity index (χ3v) is 8.34. The van der Waals surface area contributed by atoms with E-state index < -0.39 is 30.1 Å². The zero-order valence-electron chi connectivity index (χ0n) is 25.9. The summed E-state index contributed by atoms with van der Waals surface area (Å²) in [6.45, 7) is 4.63. The number of benzene rings is 3. The lowest BCUT2D eigenvalue weighted by atomic mass is 9.92. The van der Waals surface area contributed by atoms with E-state index in [-0.39, 0.29) is 42.6 Å². The summed E-state index contributed by atoms with van der Waals surface area (Å²) in [7, 11) is 0. The Morgan fingerprint density at radius 2 is 1.62 bits per heavy atom. The van der Waals surface area contributed by atoms with E-state index >= 15 is 0 Å². The van der Waals surface area contributed by atoms with E-state index in [0.29, 0.717) is 19.4 Å². The Kier molecular flexibility index (Phi) is 12.6. The second-order valence-electron chi connectivity index (χ2n) is 12.0. The minimum absolute atomic E-state index is 0.0286. The smallest absolute Gasteiger partial charge is 0.408 e. The third kappa shape index (κ3) is 10.2. The molecule has 0 aromatic heterocycles. The summed E-state index contributed by atoms with van der Waals surface area (Å²) in [5.41, 5.74) is 1.69. The standard InChI is InChI=1S/C35H43ClN4O5/c1-23(2)18-30(33(42)38-28(21-36)19-27-15-9-17-37-32(27)41)39-34(43)31(40-35(44)45-22-24-10-4-3-5-11-24)20-26-14-8-13-25-12-6-7-16-29(25)26/h3-8,10-14,16,23,27-28,30-31H,9,15,17-22H2,1-2H3,(H,37,41)(H,38,42)(H,39,43)(H,40,44)/t27-,28-,30-,31-/m0/s1. The van der Waals surface area contributed by atoms with Crippen molar-refractivity contribution in [1.82, 2.24) is 21.3 Å². The van der Waals surface area contributed by atoms with Crippen LogP contribution in [-0.2, 0) is 32.1 Å². The van der Waals surface area contributed by atoms with Gasteiger partial charge in [-0.05, 0) is 53.5 Å². The molecule has 4 atom stereocenters. The summed E-state index contributed by atoms with van der Waals surface area (Å²) in [5, 5.41) is 13.4. The first-order chi connectivity index (χ1) is 21.7. The van der Waals surface area contributed by atoms with Crippen molar-refractivity contribution in [2.75, 3.05) is 12.4 Å². The van der Waals surface area contributed by atoms with Gasteiger partial charge in [-0.3, -0.25) is 14.4 Å². The van der Waals surface area contributed by atoms with Gasteiger partial charge >= 0.3 is 6.09 Å². The highest BCUT2D eigenvalue weighted by atomic mass is 35.5. The number of halogens is 1. The summed E-state index contributed by atoms with van der Waals surface area (Å²) < 4.78 is 5.44. The van der Waals surface area contributed by atoms with Crippen LogP contribution in [0.4, 0.5) is 4.79 Å². The molecule has 0 unspecified atom stereocenters. The molecule has 4 amide bonds. The number of alkyl halides is 1. The molecule has 1 heterocycles. The van der Waals surface area contributed by atoms with Crippen LogP contribution in [0.1, 0.15) is 50.7 Å². The molecule has 4 N–H and O–H groups in total. The first-order valence-electron chi connectivity index (χ1n) is 15.6. The van der Waals surface area contributed by atoms with Gasteiger partial charge in [-0.2, -0.15) is 0 Å². The summed E-state index contributed by atoms with van der Waals surface area (Å²) in [6, 6.07) is 20.6. The van der Waals surface area contributed by atoms with Crippen molar-refractivity contribution in [3.8, 4) is 0 Å². The van der Waals surface area contributed by atoms with E-state index in [1.54, 1.807) is 0 Å². The predicted molar refractivity (Wildman–Crippen MR) is 176 cm³/mol. The fraction of sp³-hybridized carbons (Fsp3) is 0.429. The van der Waals surface area contributed by atoms with Gasteiger partial charge in [0, 0.05) is 30.8 Å². The summed E-state index contributed by atoms with van der Waals surface area (Å²) in [6.07, 6.45) is 1.85. The van der Waals surface area contributed by atoms with E-state index in [1.807, 2.05) is 86.6 Å². The van der Waals surface area contributed by atoms with E-state index in [1.165, 1.54) is 0 Å². The third-order valence-electron chi connectivity index (χ3n) is 7.97. The number of alkyl carbamates (subject to hydrolysis) is 1. The van der Waals surface area contributed by atoms with Crippen molar-refractivity contribution in [3.05, 3.63) is 83.9 Å². The van der Waals surface area contributed by atoms with Gasteiger partial charge < -0.3 is 26.0 Å². The Bertz CT molecular complexity index is 1440. The summed E-state index contributed by atoms with van der Waals surface area (Å²) in [4.78, 5) is 52.7. The molecule has 3 aromatic carbocycles. The molecule has 1 aliphatic heterocycles. The average Bonchev–Trinajstić information content (AvgIpc) is 3.04. The molecule has 1 saturated heterocycles. The van der Waals surface area contributed by atoms with Crippen molar-refractivity contribution >= 4 is 46.2 Å². The van der Waals surface area contributed by atoms with Crippen molar-refractivity contribution in [2.24, 2.45) is 11.8 Å². The first-order valence-corrected chi connectivity index (χ1v) is 16.1. The lowest BCUT2D eigenvalue weighted by Gasteiger charge is -2.28. The minimum Gasteiger partial charge on any atom is -0.445 e. The Balaban J connectivity index is 1.50. The molecule has 45 heavy (non-hydrogen) atoms. The highest BCUT2D eigenvalue weighted by Gasteiger charge is 2.31. The molecular formula is C35H43ClN4O5. The fourth-order valence-corrected chi connectivity index (χ4v) is 5.85. The van der Waals surface area contributed by atoms with Gasteiger partial charge in [-0.15, -0.1) is 11.6 Å². The average molecular weight is 635 g/mol. The van der Waals surface area contributed by atoms with Crippen LogP contribution in [0.3, 0.4) is 0 Å². The largest absolute Gasteiger partial charge is 0.445 e. The Hall–Kier alpha value is -4.11. The zero-order chi connectivity index (χ0) is 32.2. The Morgan fingerprint density at radius 1 is 0.911 bits per heavy atom. The Morgan fingerprint density at radius 3 is 2.36 bits per heavy atom. The lowest BCUT2D eigenvalue weighted by molar-refractivity contribution is -0.131. The SMILES string of the molecule is CC(C)C[C@H](NC(=O)[C@H](Cc1cccc2ccccc12)NC(=O)OCc1ccccc1)C(=O)N[C@H](CCl)C[C@@H]1CCCNC1=O. The van der Waals surface area contributed by atoms with Crippen LogP contribution in [0.5, 0.6) is 0 Å². The van der Waals surface area contributed by atoms with E-state index in [2.05, 4.69) is 21.3 Å². The number of fused-ring (bicyclic) bond motifs is 1. The highest BCUT2D eigenvalue weighted by molar-refractivity contribution is 6.18. The molecular weight excluding hydrogens is 592 g/mol. The molecule has 3 aromatic rings. The number of hydrogen-bond donors (Lipinski definition) is 4. The second kappa shape index (κ2) is 16.8. The topological polar surface area (TPSA) is 126 Å². The molecule has 0 spiro atoms. The molecule has 0 bridgehead atoms. The fourth-order valence-electron chi connectivity index (χ4n) is 5.65. The maximum absolute atomic E-state index is 13.9. The molecule has 10 heteroatoms. The normalized spacial score (nSPS) is 16.7. The molecule has 240 valence electrons. The van der Waals surface area contributed by atoms with Crippen LogP contribution in [-0.4, -0.2) is 54.4 Å². The van der Waals surface area contributed by atoms with Gasteiger partial charge in [0.1, 0.15) is 18.7 Å². The number of nitrogens with one attached hydrogen (secondary N) is 4.